The number of rotatable bonds is 5. The average Bonchev–Trinajstić information content (AvgIpc) is 2.84. The van der Waals surface area contributed by atoms with E-state index in [1.165, 1.54) is 11.3 Å². The Kier molecular flexibility index (Phi) is 4.47. The molecule has 104 valence electrons. The van der Waals surface area contributed by atoms with Crippen molar-refractivity contribution in [1.82, 2.24) is 4.98 Å². The molecule has 0 aliphatic rings. The highest BCUT2D eigenvalue weighted by Crippen LogP contribution is 2.18. The smallest absolute Gasteiger partial charge is 0.303 e. The molecule has 0 radical (unpaired) electrons. The Morgan fingerprint density at radius 2 is 2.10 bits per heavy atom. The summed E-state index contributed by atoms with van der Waals surface area (Å²) >= 11 is 1.29. The second-order valence-corrected chi connectivity index (χ2v) is 5.16. The van der Waals surface area contributed by atoms with Gasteiger partial charge >= 0.3 is 5.97 Å². The highest BCUT2D eigenvalue weighted by molar-refractivity contribution is 7.14. The van der Waals surface area contributed by atoms with E-state index in [4.69, 9.17) is 5.11 Å². The van der Waals surface area contributed by atoms with Gasteiger partial charge in [0.25, 0.3) is 5.91 Å². The van der Waals surface area contributed by atoms with Crippen molar-refractivity contribution in [1.29, 1.82) is 0 Å². The van der Waals surface area contributed by atoms with Gasteiger partial charge in [-0.25, -0.2) is 4.98 Å². The van der Waals surface area contributed by atoms with Crippen LogP contribution in [0.25, 0.3) is 0 Å². The molecular formula is C14H14N2O3S. The van der Waals surface area contributed by atoms with Crippen LogP contribution in [-0.2, 0) is 11.2 Å². The van der Waals surface area contributed by atoms with Crippen LogP contribution in [0.2, 0.25) is 0 Å². The first-order valence-corrected chi connectivity index (χ1v) is 6.97. The van der Waals surface area contributed by atoms with Crippen LogP contribution in [0.3, 0.4) is 0 Å². The third-order valence-electron chi connectivity index (χ3n) is 2.76. The van der Waals surface area contributed by atoms with Crippen molar-refractivity contribution in [3.63, 3.8) is 0 Å². The van der Waals surface area contributed by atoms with E-state index in [1.54, 1.807) is 11.4 Å². The van der Waals surface area contributed by atoms with Gasteiger partial charge < -0.3 is 5.11 Å². The number of carbonyl (C=O) groups is 2. The molecule has 1 amide bonds. The number of thiazole rings is 1. The molecule has 0 saturated heterocycles. The van der Waals surface area contributed by atoms with Crippen LogP contribution in [0, 0.1) is 6.92 Å². The van der Waals surface area contributed by atoms with Gasteiger partial charge in [-0.15, -0.1) is 11.3 Å². The van der Waals surface area contributed by atoms with Crippen LogP contribution in [0.4, 0.5) is 5.13 Å². The minimum Gasteiger partial charge on any atom is -0.481 e. The fraction of sp³-hybridized carbons (Fsp3) is 0.214. The molecule has 5 nitrogen and oxygen atoms in total. The first-order valence-electron chi connectivity index (χ1n) is 6.09. The molecule has 0 fully saturated rings. The lowest BCUT2D eigenvalue weighted by Crippen LogP contribution is -2.13. The highest BCUT2D eigenvalue weighted by Gasteiger charge is 2.11. The number of benzene rings is 1. The van der Waals surface area contributed by atoms with Crippen LogP contribution >= 0.6 is 11.3 Å². The molecule has 0 spiro atoms. The number of hydrogen-bond donors (Lipinski definition) is 2. The third kappa shape index (κ3) is 3.64. The molecule has 1 aromatic carbocycles. The number of hydrogen-bond acceptors (Lipinski definition) is 4. The van der Waals surface area contributed by atoms with Gasteiger partial charge in [0.1, 0.15) is 0 Å². The fourth-order valence-corrected chi connectivity index (χ4v) is 2.45. The average molecular weight is 290 g/mol. The summed E-state index contributed by atoms with van der Waals surface area (Å²) in [6, 6.07) is 7.31. The number of carbonyl (C=O) groups excluding carboxylic acids is 1. The van der Waals surface area contributed by atoms with Gasteiger partial charge in [-0.2, -0.15) is 0 Å². The maximum atomic E-state index is 12.1. The van der Waals surface area contributed by atoms with E-state index in [2.05, 4.69) is 10.3 Å². The van der Waals surface area contributed by atoms with Gasteiger partial charge in [0.15, 0.2) is 5.13 Å². The van der Waals surface area contributed by atoms with Crippen molar-refractivity contribution < 1.29 is 14.7 Å². The van der Waals surface area contributed by atoms with Crippen molar-refractivity contribution in [2.24, 2.45) is 0 Å². The molecule has 20 heavy (non-hydrogen) atoms. The van der Waals surface area contributed by atoms with Gasteiger partial charge in [-0.1, -0.05) is 18.2 Å². The maximum absolute atomic E-state index is 12.1. The molecule has 0 aliphatic carbocycles. The second kappa shape index (κ2) is 6.29. The van der Waals surface area contributed by atoms with Gasteiger partial charge in [-0.3, -0.25) is 14.9 Å². The highest BCUT2D eigenvalue weighted by atomic mass is 32.1. The van der Waals surface area contributed by atoms with Crippen molar-refractivity contribution >= 4 is 28.3 Å². The predicted octanol–water partition coefficient (Wildman–Crippen LogP) is 2.72. The molecule has 0 unspecified atom stereocenters. The third-order valence-corrected chi connectivity index (χ3v) is 3.56. The minimum absolute atomic E-state index is 0.0366. The number of aliphatic carboxylic acids is 1. The quantitative estimate of drug-likeness (QED) is 0.887. The summed E-state index contributed by atoms with van der Waals surface area (Å²) in [6.45, 7) is 1.87. The summed E-state index contributed by atoms with van der Waals surface area (Å²) in [7, 11) is 0. The lowest BCUT2D eigenvalue weighted by molar-refractivity contribution is -0.136. The Labute approximate surface area is 120 Å². The molecule has 1 aromatic heterocycles. The lowest BCUT2D eigenvalue weighted by atomic mass is 10.1. The van der Waals surface area contributed by atoms with E-state index in [0.717, 1.165) is 5.56 Å². The van der Waals surface area contributed by atoms with Crippen molar-refractivity contribution in [2.75, 3.05) is 5.32 Å². The van der Waals surface area contributed by atoms with E-state index < -0.39 is 5.97 Å². The van der Waals surface area contributed by atoms with Crippen molar-refractivity contribution in [3.05, 3.63) is 46.5 Å². The summed E-state index contributed by atoms with van der Waals surface area (Å²) in [5.74, 6) is -1.06. The first-order chi connectivity index (χ1) is 9.56. The van der Waals surface area contributed by atoms with Gasteiger partial charge in [0.2, 0.25) is 0 Å². The zero-order valence-electron chi connectivity index (χ0n) is 10.9. The standard InChI is InChI=1S/C14H14N2O3S/c1-9-4-2-3-5-11(9)13(19)16-14-15-10(8-20-14)6-7-12(17)18/h2-5,8H,6-7H2,1H3,(H,17,18)(H,15,16,19). The number of nitrogens with one attached hydrogen (secondary N) is 1. The van der Waals surface area contributed by atoms with E-state index in [9.17, 15) is 9.59 Å². The molecule has 0 bridgehead atoms. The molecule has 1 heterocycles. The summed E-state index contributed by atoms with van der Waals surface area (Å²) in [6.07, 6.45) is 0.404. The summed E-state index contributed by atoms with van der Waals surface area (Å²) in [5, 5.41) is 13.6. The van der Waals surface area contributed by atoms with Crippen LogP contribution < -0.4 is 5.32 Å². The monoisotopic (exact) mass is 290 g/mol. The molecular weight excluding hydrogens is 276 g/mol. The Morgan fingerprint density at radius 3 is 2.80 bits per heavy atom. The van der Waals surface area contributed by atoms with E-state index in [0.29, 0.717) is 22.8 Å². The first kappa shape index (κ1) is 14.2. The second-order valence-electron chi connectivity index (χ2n) is 4.31. The van der Waals surface area contributed by atoms with Crippen molar-refractivity contribution in [2.45, 2.75) is 19.8 Å². The Morgan fingerprint density at radius 1 is 1.35 bits per heavy atom. The normalized spacial score (nSPS) is 10.2. The molecule has 0 aliphatic heterocycles. The van der Waals surface area contributed by atoms with Gasteiger partial charge in [-0.05, 0) is 18.6 Å². The molecule has 0 saturated carbocycles. The number of carboxylic acids is 1. The number of carboxylic acid groups (broad SMARTS) is 1. The minimum atomic E-state index is -0.858. The number of nitrogens with zero attached hydrogens (tertiary/aromatic N) is 1. The zero-order valence-corrected chi connectivity index (χ0v) is 11.7. The number of aromatic nitrogens is 1. The van der Waals surface area contributed by atoms with Crippen LogP contribution in [0.1, 0.15) is 28.0 Å². The zero-order chi connectivity index (χ0) is 14.5. The van der Waals surface area contributed by atoms with Gasteiger partial charge in [0.05, 0.1) is 12.1 Å². The van der Waals surface area contributed by atoms with Gasteiger partial charge in [0, 0.05) is 17.4 Å². The SMILES string of the molecule is Cc1ccccc1C(=O)Nc1nc(CCC(=O)O)cs1. The van der Waals surface area contributed by atoms with E-state index in [1.807, 2.05) is 25.1 Å². The molecule has 6 heteroatoms. The van der Waals surface area contributed by atoms with E-state index >= 15 is 0 Å². The predicted molar refractivity (Wildman–Crippen MR) is 77.2 cm³/mol. The van der Waals surface area contributed by atoms with Crippen LogP contribution in [-0.4, -0.2) is 22.0 Å². The Balaban J connectivity index is 2.02. The largest absolute Gasteiger partial charge is 0.481 e. The number of amides is 1. The summed E-state index contributed by atoms with van der Waals surface area (Å²) in [5.41, 5.74) is 2.18. The molecule has 2 N–H and O–H groups in total. The topological polar surface area (TPSA) is 79.3 Å². The van der Waals surface area contributed by atoms with Crippen LogP contribution in [0.15, 0.2) is 29.6 Å². The molecule has 2 rings (SSSR count). The maximum Gasteiger partial charge on any atom is 0.303 e. The Hall–Kier alpha value is -2.21. The lowest BCUT2D eigenvalue weighted by Gasteiger charge is -2.04. The van der Waals surface area contributed by atoms with Crippen LogP contribution in [0.5, 0.6) is 0 Å². The molecule has 0 atom stereocenters. The number of aryl methyl sites for hydroxylation is 2. The molecule has 2 aromatic rings. The fourth-order valence-electron chi connectivity index (χ4n) is 1.71. The van der Waals surface area contributed by atoms with E-state index in [-0.39, 0.29) is 12.3 Å². The summed E-state index contributed by atoms with van der Waals surface area (Å²) < 4.78 is 0. The van der Waals surface area contributed by atoms with Crippen molar-refractivity contribution in [3.8, 4) is 0 Å². The number of anilines is 1. The Bertz CT molecular complexity index is 637. The summed E-state index contributed by atoms with van der Waals surface area (Å²) in [4.78, 5) is 26.8.